The van der Waals surface area contributed by atoms with Crippen molar-refractivity contribution in [2.24, 2.45) is 0 Å². The highest BCUT2D eigenvalue weighted by molar-refractivity contribution is 7.91. The molecule has 0 spiro atoms. The zero-order valence-corrected chi connectivity index (χ0v) is 13.0. The van der Waals surface area contributed by atoms with Gasteiger partial charge in [-0.25, -0.2) is 13.4 Å². The lowest BCUT2D eigenvalue weighted by atomic mass is 9.95. The lowest BCUT2D eigenvalue weighted by molar-refractivity contribution is 0.451. The van der Waals surface area contributed by atoms with Crippen LogP contribution in [0.4, 0.5) is 5.82 Å². The number of aromatic nitrogens is 4. The van der Waals surface area contributed by atoms with Crippen LogP contribution in [0.15, 0.2) is 12.4 Å². The largest absolute Gasteiger partial charge is 0.367 e. The third-order valence-electron chi connectivity index (χ3n) is 3.96. The van der Waals surface area contributed by atoms with Crippen molar-refractivity contribution in [3.8, 4) is 0 Å². The summed E-state index contributed by atoms with van der Waals surface area (Å²) >= 11 is 0. The van der Waals surface area contributed by atoms with Crippen molar-refractivity contribution in [1.29, 1.82) is 0 Å². The smallest absolute Gasteiger partial charge is 0.254 e. The van der Waals surface area contributed by atoms with Crippen LogP contribution in [-0.2, 0) is 9.84 Å². The van der Waals surface area contributed by atoms with E-state index >= 15 is 0 Å². The average Bonchev–Trinajstić information content (AvgIpc) is 2.86. The van der Waals surface area contributed by atoms with Gasteiger partial charge in [-0.15, -0.1) is 0 Å². The predicted molar refractivity (Wildman–Crippen MR) is 80.0 cm³/mol. The van der Waals surface area contributed by atoms with Crippen LogP contribution in [0, 0.1) is 6.92 Å². The lowest BCUT2D eigenvalue weighted by Gasteiger charge is -2.29. The SMILES string of the molecule is Cc1cc(NC2CCCC(S(C)(=O)=O)C2)n2ncnc2n1. The Kier molecular flexibility index (Phi) is 3.56. The monoisotopic (exact) mass is 309 g/mol. The number of hydrogen-bond donors (Lipinski definition) is 1. The topological polar surface area (TPSA) is 89.2 Å². The number of fused-ring (bicyclic) bond motifs is 1. The molecule has 1 fully saturated rings. The van der Waals surface area contributed by atoms with Crippen molar-refractivity contribution in [3.05, 3.63) is 18.1 Å². The quantitative estimate of drug-likeness (QED) is 0.916. The molecule has 2 unspecified atom stereocenters. The van der Waals surface area contributed by atoms with Gasteiger partial charge in [0.15, 0.2) is 0 Å². The molecule has 0 aliphatic heterocycles. The first-order chi connectivity index (χ1) is 9.93. The highest BCUT2D eigenvalue weighted by atomic mass is 32.2. The van der Waals surface area contributed by atoms with Gasteiger partial charge < -0.3 is 5.32 Å². The van der Waals surface area contributed by atoms with Crippen molar-refractivity contribution in [2.75, 3.05) is 11.6 Å². The maximum Gasteiger partial charge on any atom is 0.254 e. The molecule has 0 amide bonds. The summed E-state index contributed by atoms with van der Waals surface area (Å²) in [5, 5.41) is 7.31. The Hall–Kier alpha value is -1.70. The van der Waals surface area contributed by atoms with Gasteiger partial charge in [-0.1, -0.05) is 6.42 Å². The normalized spacial score (nSPS) is 23.3. The van der Waals surface area contributed by atoms with Gasteiger partial charge in [-0.2, -0.15) is 14.6 Å². The van der Waals surface area contributed by atoms with Crippen LogP contribution in [0.2, 0.25) is 0 Å². The summed E-state index contributed by atoms with van der Waals surface area (Å²) in [6.45, 7) is 1.90. The second-order valence-corrected chi connectivity index (χ2v) is 8.04. The molecule has 7 nitrogen and oxygen atoms in total. The van der Waals surface area contributed by atoms with E-state index in [-0.39, 0.29) is 11.3 Å². The predicted octanol–water partition coefficient (Wildman–Crippen LogP) is 1.20. The summed E-state index contributed by atoms with van der Waals surface area (Å²) in [5.74, 6) is 1.36. The van der Waals surface area contributed by atoms with E-state index in [9.17, 15) is 8.42 Å². The standard InChI is InChI=1S/C13H19N5O2S/c1-9-6-12(18-13(16-9)14-8-15-18)17-10-4-3-5-11(7-10)21(2,19)20/h6,8,10-11,17H,3-5,7H2,1-2H3. The molecule has 0 radical (unpaired) electrons. The molecule has 2 heterocycles. The van der Waals surface area contributed by atoms with E-state index in [2.05, 4.69) is 20.4 Å². The Morgan fingerprint density at radius 3 is 2.95 bits per heavy atom. The van der Waals surface area contributed by atoms with Crippen LogP contribution in [0.1, 0.15) is 31.4 Å². The molecule has 8 heteroatoms. The summed E-state index contributed by atoms with van der Waals surface area (Å²) in [5.41, 5.74) is 0.855. The van der Waals surface area contributed by atoms with E-state index in [1.54, 1.807) is 4.52 Å². The zero-order chi connectivity index (χ0) is 15.0. The number of anilines is 1. The highest BCUT2D eigenvalue weighted by Gasteiger charge is 2.29. The fraction of sp³-hybridized carbons (Fsp3) is 0.615. The number of hydrogen-bond acceptors (Lipinski definition) is 6. The average molecular weight is 309 g/mol. The fourth-order valence-electron chi connectivity index (χ4n) is 2.91. The minimum Gasteiger partial charge on any atom is -0.367 e. The van der Waals surface area contributed by atoms with E-state index in [0.717, 1.165) is 30.8 Å². The van der Waals surface area contributed by atoms with Crippen molar-refractivity contribution in [3.63, 3.8) is 0 Å². The van der Waals surface area contributed by atoms with Crippen LogP contribution in [-0.4, -0.2) is 45.5 Å². The van der Waals surface area contributed by atoms with Gasteiger partial charge in [0.05, 0.1) is 5.25 Å². The fourth-order valence-corrected chi connectivity index (χ4v) is 4.08. The molecule has 0 bridgehead atoms. The lowest BCUT2D eigenvalue weighted by Crippen LogP contribution is -2.34. The molecule has 2 atom stereocenters. The van der Waals surface area contributed by atoms with Gasteiger partial charge in [0.1, 0.15) is 22.0 Å². The summed E-state index contributed by atoms with van der Waals surface area (Å²) in [6.07, 6.45) is 6.06. The second-order valence-electron chi connectivity index (χ2n) is 5.71. The van der Waals surface area contributed by atoms with Crippen LogP contribution in [0.25, 0.3) is 5.78 Å². The Morgan fingerprint density at radius 1 is 1.38 bits per heavy atom. The van der Waals surface area contributed by atoms with Crippen LogP contribution >= 0.6 is 0 Å². The van der Waals surface area contributed by atoms with Crippen molar-refractivity contribution >= 4 is 21.4 Å². The number of rotatable bonds is 3. The Balaban J connectivity index is 1.83. The van der Waals surface area contributed by atoms with E-state index < -0.39 is 9.84 Å². The first kappa shape index (κ1) is 14.2. The summed E-state index contributed by atoms with van der Waals surface area (Å²) in [4.78, 5) is 8.39. The molecular weight excluding hydrogens is 290 g/mol. The molecule has 1 saturated carbocycles. The zero-order valence-electron chi connectivity index (χ0n) is 12.2. The maximum atomic E-state index is 11.7. The van der Waals surface area contributed by atoms with Gasteiger partial charge in [0, 0.05) is 24.1 Å². The molecule has 0 aromatic carbocycles. The van der Waals surface area contributed by atoms with Crippen molar-refractivity contribution < 1.29 is 8.42 Å². The van der Waals surface area contributed by atoms with Gasteiger partial charge in [-0.05, 0) is 26.2 Å². The van der Waals surface area contributed by atoms with E-state index in [4.69, 9.17) is 0 Å². The molecule has 3 rings (SSSR count). The molecule has 114 valence electrons. The Morgan fingerprint density at radius 2 is 2.19 bits per heavy atom. The Bertz CT molecular complexity index is 755. The van der Waals surface area contributed by atoms with Crippen LogP contribution in [0.3, 0.4) is 0 Å². The molecule has 21 heavy (non-hydrogen) atoms. The third kappa shape index (κ3) is 2.99. The molecule has 2 aromatic rings. The molecule has 0 saturated heterocycles. The molecular formula is C13H19N5O2S. The maximum absolute atomic E-state index is 11.7. The van der Waals surface area contributed by atoms with E-state index in [1.807, 2.05) is 13.0 Å². The molecule has 1 N–H and O–H groups in total. The van der Waals surface area contributed by atoms with Gasteiger partial charge in [-0.3, -0.25) is 0 Å². The van der Waals surface area contributed by atoms with Crippen molar-refractivity contribution in [2.45, 2.75) is 43.9 Å². The summed E-state index contributed by atoms with van der Waals surface area (Å²) in [6, 6.07) is 2.04. The summed E-state index contributed by atoms with van der Waals surface area (Å²) < 4.78 is 25.1. The van der Waals surface area contributed by atoms with E-state index in [0.29, 0.717) is 12.2 Å². The Labute approximate surface area is 123 Å². The van der Waals surface area contributed by atoms with Crippen molar-refractivity contribution in [1.82, 2.24) is 19.6 Å². The first-order valence-corrected chi connectivity index (χ1v) is 9.02. The number of nitrogens with one attached hydrogen (secondary N) is 1. The molecule has 1 aliphatic carbocycles. The number of sulfone groups is 1. The first-order valence-electron chi connectivity index (χ1n) is 7.06. The molecule has 1 aliphatic rings. The minimum absolute atomic E-state index is 0.132. The van der Waals surface area contributed by atoms with Crippen LogP contribution in [0.5, 0.6) is 0 Å². The van der Waals surface area contributed by atoms with Gasteiger partial charge >= 0.3 is 0 Å². The van der Waals surface area contributed by atoms with E-state index in [1.165, 1.54) is 12.6 Å². The molecule has 2 aromatic heterocycles. The minimum atomic E-state index is -2.98. The van der Waals surface area contributed by atoms with Gasteiger partial charge in [0.2, 0.25) is 0 Å². The van der Waals surface area contributed by atoms with Crippen LogP contribution < -0.4 is 5.32 Å². The number of aryl methyl sites for hydroxylation is 1. The highest BCUT2D eigenvalue weighted by Crippen LogP contribution is 2.26. The number of nitrogens with zero attached hydrogens (tertiary/aromatic N) is 4. The third-order valence-corrected chi connectivity index (χ3v) is 5.60. The summed E-state index contributed by atoms with van der Waals surface area (Å²) in [7, 11) is -2.98. The van der Waals surface area contributed by atoms with Gasteiger partial charge in [0.25, 0.3) is 5.78 Å². The second kappa shape index (κ2) is 5.25.